The molecule has 5 aromatic carbocycles. The van der Waals surface area contributed by atoms with Crippen LogP contribution in [0.15, 0.2) is 121 Å². The summed E-state index contributed by atoms with van der Waals surface area (Å²) in [5.41, 5.74) is 4.48. The first-order chi connectivity index (χ1) is 32.8. The smallest absolute Gasteiger partial charge is 0.253 e. The Morgan fingerprint density at radius 3 is 0.765 bits per heavy atom. The highest BCUT2D eigenvalue weighted by Crippen LogP contribution is 2.29. The van der Waals surface area contributed by atoms with Crippen molar-refractivity contribution in [2.45, 2.75) is 25.7 Å². The number of likely N-dealkylation sites (tertiary alicyclic amines) is 2. The van der Waals surface area contributed by atoms with Crippen molar-refractivity contribution in [3.05, 3.63) is 175 Å². The molecule has 354 valence electrons. The van der Waals surface area contributed by atoms with Crippen molar-refractivity contribution >= 4 is 81.8 Å². The fourth-order valence-electron chi connectivity index (χ4n) is 8.57. The zero-order chi connectivity index (χ0) is 48.2. The van der Waals surface area contributed by atoms with E-state index in [-0.39, 0.29) is 60.9 Å². The van der Waals surface area contributed by atoms with Crippen LogP contribution < -0.4 is 21.3 Å². The molecule has 2 aliphatic heterocycles. The summed E-state index contributed by atoms with van der Waals surface area (Å²) >= 11 is 24.1. The molecular formula is C52H52Cl4N6O6. The third kappa shape index (κ3) is 13.6. The van der Waals surface area contributed by atoms with E-state index in [0.717, 1.165) is 22.3 Å². The summed E-state index contributed by atoms with van der Waals surface area (Å²) in [6.07, 6.45) is 2.21. The Bertz CT molecular complexity index is 2240. The standard InChI is InChI=1S/C52H52Cl4N6O6/c53-39-13-1-33(2-14-39)21-25-57-47(63)43-29-61(30-44(43)48(64)58-26-22-34-3-15-40(54)16-4-34)51(67)37-9-11-38(12-10-37)52(68)62-31-45(49(65)59-27-23-35-5-17-41(55)18-6-35)46(32-62)50(66)60-28-24-36-7-19-42(56)20-8-36/h1-20,43-46H,21-32H2,(H,57,63)(H,58,64)(H,59,65)(H,60,66)/t43-,44-,45-,46-/m1/s1. The van der Waals surface area contributed by atoms with E-state index in [1.54, 1.807) is 48.5 Å². The molecule has 2 saturated heterocycles. The predicted octanol–water partition coefficient (Wildman–Crippen LogP) is 7.11. The Morgan fingerprint density at radius 2 is 0.559 bits per heavy atom. The van der Waals surface area contributed by atoms with Gasteiger partial charge in [0.15, 0.2) is 0 Å². The molecule has 12 nitrogen and oxygen atoms in total. The lowest BCUT2D eigenvalue weighted by Gasteiger charge is -2.18. The van der Waals surface area contributed by atoms with E-state index in [1.165, 1.54) is 34.1 Å². The van der Waals surface area contributed by atoms with Gasteiger partial charge in [-0.15, -0.1) is 0 Å². The van der Waals surface area contributed by atoms with Gasteiger partial charge in [0.1, 0.15) is 0 Å². The number of nitrogens with zero attached hydrogens (tertiary/aromatic N) is 2. The highest BCUT2D eigenvalue weighted by molar-refractivity contribution is 6.31. The minimum atomic E-state index is -0.805. The normalized spacial score (nSPS) is 17.6. The van der Waals surface area contributed by atoms with Crippen LogP contribution in [-0.2, 0) is 44.9 Å². The molecule has 0 aromatic heterocycles. The predicted molar refractivity (Wildman–Crippen MR) is 265 cm³/mol. The summed E-state index contributed by atoms with van der Waals surface area (Å²) in [5, 5.41) is 14.3. The van der Waals surface area contributed by atoms with Crippen molar-refractivity contribution < 1.29 is 28.8 Å². The summed E-state index contributed by atoms with van der Waals surface area (Å²) in [6, 6.07) is 35.5. The van der Waals surface area contributed by atoms with E-state index in [2.05, 4.69) is 21.3 Å². The van der Waals surface area contributed by atoms with Crippen molar-refractivity contribution in [1.82, 2.24) is 31.1 Å². The number of carbonyl (C=O) groups is 6. The average Bonchev–Trinajstić information content (AvgIpc) is 4.01. The summed E-state index contributed by atoms with van der Waals surface area (Å²) in [7, 11) is 0. The molecule has 16 heteroatoms. The van der Waals surface area contributed by atoms with Gasteiger partial charge in [-0.2, -0.15) is 0 Å². The van der Waals surface area contributed by atoms with Gasteiger partial charge >= 0.3 is 0 Å². The summed E-state index contributed by atoms with van der Waals surface area (Å²) in [5.74, 6) is -5.34. The molecule has 68 heavy (non-hydrogen) atoms. The van der Waals surface area contributed by atoms with Gasteiger partial charge < -0.3 is 31.1 Å². The Balaban J connectivity index is 0.992. The summed E-state index contributed by atoms with van der Waals surface area (Å²) in [6.45, 7) is 1.37. The van der Waals surface area contributed by atoms with Gasteiger partial charge in [-0.25, -0.2) is 0 Å². The zero-order valence-corrected chi connectivity index (χ0v) is 40.2. The fraction of sp³-hybridized carbons (Fsp3) is 0.308. The molecule has 0 aliphatic carbocycles. The van der Waals surface area contributed by atoms with Crippen molar-refractivity contribution in [1.29, 1.82) is 0 Å². The lowest BCUT2D eigenvalue weighted by molar-refractivity contribution is -0.132. The molecule has 2 heterocycles. The Labute approximate surface area is 416 Å². The highest BCUT2D eigenvalue weighted by Gasteiger charge is 2.45. The third-order valence-corrected chi connectivity index (χ3v) is 13.5. The van der Waals surface area contributed by atoms with Crippen LogP contribution in [0.2, 0.25) is 20.1 Å². The van der Waals surface area contributed by atoms with Crippen LogP contribution in [0.4, 0.5) is 0 Å². The molecule has 0 spiro atoms. The molecule has 0 bridgehead atoms. The van der Waals surface area contributed by atoms with Crippen LogP contribution in [0.25, 0.3) is 0 Å². The van der Waals surface area contributed by atoms with Crippen LogP contribution in [0, 0.1) is 23.7 Å². The monoisotopic (exact) mass is 996 g/mol. The number of amides is 6. The molecule has 5 aromatic rings. The van der Waals surface area contributed by atoms with Crippen molar-refractivity contribution in [2.24, 2.45) is 23.7 Å². The maximum atomic E-state index is 14.0. The molecular weight excluding hydrogens is 946 g/mol. The van der Waals surface area contributed by atoms with E-state index >= 15 is 0 Å². The molecule has 6 amide bonds. The number of rotatable bonds is 18. The van der Waals surface area contributed by atoms with E-state index < -0.39 is 35.5 Å². The Hall–Kier alpha value is -5.92. The topological polar surface area (TPSA) is 157 Å². The zero-order valence-electron chi connectivity index (χ0n) is 37.2. The van der Waals surface area contributed by atoms with Crippen molar-refractivity contribution in [2.75, 3.05) is 52.4 Å². The molecule has 2 fully saturated rings. The quantitative estimate of drug-likeness (QED) is 0.0734. The third-order valence-electron chi connectivity index (χ3n) is 12.4. The number of benzene rings is 5. The van der Waals surface area contributed by atoms with Gasteiger partial charge in [0, 0.05) is 83.6 Å². The van der Waals surface area contributed by atoms with Gasteiger partial charge in [-0.1, -0.05) is 94.9 Å². The van der Waals surface area contributed by atoms with E-state index in [0.29, 0.717) is 72.0 Å². The van der Waals surface area contributed by atoms with Crippen LogP contribution in [0.1, 0.15) is 43.0 Å². The van der Waals surface area contributed by atoms with Crippen molar-refractivity contribution in [3.8, 4) is 0 Å². The molecule has 0 radical (unpaired) electrons. The van der Waals surface area contributed by atoms with Gasteiger partial charge in [0.25, 0.3) is 11.8 Å². The summed E-state index contributed by atoms with van der Waals surface area (Å²) < 4.78 is 0. The molecule has 7 rings (SSSR count). The first kappa shape index (κ1) is 50.0. The van der Waals surface area contributed by atoms with Crippen LogP contribution in [-0.4, -0.2) is 97.6 Å². The van der Waals surface area contributed by atoms with Gasteiger partial charge in [0.2, 0.25) is 23.6 Å². The average molecular weight is 999 g/mol. The van der Waals surface area contributed by atoms with Crippen LogP contribution in [0.5, 0.6) is 0 Å². The summed E-state index contributed by atoms with van der Waals surface area (Å²) in [4.78, 5) is 85.8. The van der Waals surface area contributed by atoms with E-state index in [4.69, 9.17) is 46.4 Å². The lowest BCUT2D eigenvalue weighted by atomic mass is 9.94. The van der Waals surface area contributed by atoms with Crippen LogP contribution in [0.3, 0.4) is 0 Å². The minimum absolute atomic E-state index is 0.0155. The molecule has 4 atom stereocenters. The van der Waals surface area contributed by atoms with Gasteiger partial charge in [-0.3, -0.25) is 28.8 Å². The number of hydrogen-bond acceptors (Lipinski definition) is 6. The Kier molecular flexibility index (Phi) is 17.6. The molecule has 0 saturated carbocycles. The highest BCUT2D eigenvalue weighted by atomic mass is 35.5. The minimum Gasteiger partial charge on any atom is -0.355 e. The second-order valence-electron chi connectivity index (χ2n) is 17.1. The number of halogens is 4. The van der Waals surface area contributed by atoms with Gasteiger partial charge in [-0.05, 0) is 121 Å². The maximum absolute atomic E-state index is 14.0. The van der Waals surface area contributed by atoms with Crippen molar-refractivity contribution in [3.63, 3.8) is 0 Å². The Morgan fingerprint density at radius 1 is 0.353 bits per heavy atom. The van der Waals surface area contributed by atoms with Crippen LogP contribution >= 0.6 is 46.4 Å². The first-order valence-corrected chi connectivity index (χ1v) is 24.1. The largest absolute Gasteiger partial charge is 0.355 e. The number of carbonyl (C=O) groups excluding carboxylic acids is 6. The molecule has 2 aliphatic rings. The second kappa shape index (κ2) is 23.9. The van der Waals surface area contributed by atoms with E-state index in [9.17, 15) is 28.8 Å². The lowest BCUT2D eigenvalue weighted by Crippen LogP contribution is -2.42. The molecule has 4 N–H and O–H groups in total. The first-order valence-electron chi connectivity index (χ1n) is 22.6. The van der Waals surface area contributed by atoms with E-state index in [1.807, 2.05) is 48.5 Å². The number of hydrogen-bond donors (Lipinski definition) is 4. The number of nitrogens with one attached hydrogen (secondary N) is 4. The fourth-order valence-corrected chi connectivity index (χ4v) is 9.08. The molecule has 0 unspecified atom stereocenters. The van der Waals surface area contributed by atoms with Gasteiger partial charge in [0.05, 0.1) is 23.7 Å². The SMILES string of the molecule is O=C(NCCc1ccc(Cl)cc1)[C@@H]1CN(C(=O)c2ccc(C(=O)N3C[C@@H](C(=O)NCCc4ccc(Cl)cc4)[C@H](C(=O)NCCc4ccc(Cl)cc4)C3)cc2)C[C@H]1C(=O)NCCc1ccc(Cl)cc1. The second-order valence-corrected chi connectivity index (χ2v) is 18.8. The maximum Gasteiger partial charge on any atom is 0.253 e.